The van der Waals surface area contributed by atoms with Gasteiger partial charge in [-0.3, -0.25) is 4.79 Å². The molecule has 0 bridgehead atoms. The minimum absolute atomic E-state index is 0.0411. The van der Waals surface area contributed by atoms with E-state index in [1.807, 2.05) is 82.3 Å². The number of aromatic nitrogens is 2. The Hall–Kier alpha value is -4.19. The molecule has 1 amide bonds. The van der Waals surface area contributed by atoms with Crippen LogP contribution in [0.3, 0.4) is 0 Å². The molecule has 2 N–H and O–H groups in total. The molecule has 1 heterocycles. The molecule has 0 spiro atoms. The molecule has 0 aliphatic carbocycles. The van der Waals surface area contributed by atoms with Crippen molar-refractivity contribution < 1.29 is 4.79 Å². The van der Waals surface area contributed by atoms with Crippen molar-refractivity contribution in [3.8, 4) is 22.4 Å². The first kappa shape index (κ1) is 29.0. The van der Waals surface area contributed by atoms with Crippen molar-refractivity contribution in [2.24, 2.45) is 0 Å². The molecular weight excluding hydrogens is 458 g/mol. The van der Waals surface area contributed by atoms with Crippen molar-refractivity contribution in [1.82, 2.24) is 15.3 Å². The summed E-state index contributed by atoms with van der Waals surface area (Å²) in [6.45, 7) is 12.9. The molecule has 3 aromatic carbocycles. The van der Waals surface area contributed by atoms with Gasteiger partial charge in [0.2, 0.25) is 5.91 Å². The van der Waals surface area contributed by atoms with Gasteiger partial charge in [0.15, 0.2) is 0 Å². The van der Waals surface area contributed by atoms with Gasteiger partial charge in [0.25, 0.3) is 0 Å². The van der Waals surface area contributed by atoms with Gasteiger partial charge in [-0.2, -0.15) is 0 Å². The molecule has 0 unspecified atom stereocenters. The first-order valence-corrected chi connectivity index (χ1v) is 13.0. The number of rotatable bonds is 8. The number of nitrogens with one attached hydrogen (secondary N) is 2. The highest BCUT2D eigenvalue weighted by molar-refractivity contribution is 5.74. The van der Waals surface area contributed by atoms with E-state index in [9.17, 15) is 4.79 Å². The monoisotopic (exact) mass is 497 g/mol. The van der Waals surface area contributed by atoms with Gasteiger partial charge in [-0.15, -0.1) is 0 Å². The predicted molar refractivity (Wildman–Crippen MR) is 157 cm³/mol. The van der Waals surface area contributed by atoms with E-state index < -0.39 is 0 Å². The summed E-state index contributed by atoms with van der Waals surface area (Å²) in [5.74, 6) is 0.684. The largest absolute Gasteiger partial charge is 0.354 e. The van der Waals surface area contributed by atoms with Gasteiger partial charge < -0.3 is 15.5 Å². The summed E-state index contributed by atoms with van der Waals surface area (Å²) in [6, 6.07) is 28.7. The number of amides is 1. The maximum Gasteiger partial charge on any atom is 0.218 e. The van der Waals surface area contributed by atoms with Crippen LogP contribution in [0.2, 0.25) is 0 Å². The van der Waals surface area contributed by atoms with Gasteiger partial charge in [-0.1, -0.05) is 76.2 Å². The van der Waals surface area contributed by atoms with Crippen molar-refractivity contribution in [3.05, 3.63) is 91.3 Å². The van der Waals surface area contributed by atoms with Crippen LogP contribution in [0.25, 0.3) is 22.4 Å². The van der Waals surface area contributed by atoms with Crippen molar-refractivity contribution in [2.45, 2.75) is 41.5 Å². The highest BCUT2D eigenvalue weighted by Gasteiger charge is 2.07. The van der Waals surface area contributed by atoms with Crippen molar-refractivity contribution in [2.75, 3.05) is 23.4 Å². The first-order chi connectivity index (χ1) is 18.1. The van der Waals surface area contributed by atoms with Crippen LogP contribution < -0.4 is 15.5 Å². The maximum atomic E-state index is 11.2. The molecule has 0 fully saturated rings. The lowest BCUT2D eigenvalue weighted by molar-refractivity contribution is -0.118. The summed E-state index contributed by atoms with van der Waals surface area (Å²) in [5, 5.41) is 6.20. The van der Waals surface area contributed by atoms with Crippen LogP contribution in [-0.4, -0.2) is 29.1 Å². The minimum atomic E-state index is -0.0411. The second-order valence-corrected chi connectivity index (χ2v) is 7.65. The number of carbonyl (C=O) groups is 1. The second-order valence-electron chi connectivity index (χ2n) is 7.65. The molecule has 0 aliphatic heterocycles. The fraction of sp³-hybridized carbons (Fsp3) is 0.258. The Morgan fingerprint density at radius 1 is 0.784 bits per heavy atom. The molecule has 6 nitrogen and oxygen atoms in total. The van der Waals surface area contributed by atoms with Crippen molar-refractivity contribution in [1.29, 1.82) is 0 Å². The van der Waals surface area contributed by atoms with E-state index in [0.29, 0.717) is 6.67 Å². The Bertz CT molecular complexity index is 1210. The zero-order valence-corrected chi connectivity index (χ0v) is 22.8. The average molecular weight is 498 g/mol. The van der Waals surface area contributed by atoms with Gasteiger partial charge in [0.05, 0.1) is 12.4 Å². The second kappa shape index (κ2) is 15.7. The van der Waals surface area contributed by atoms with Gasteiger partial charge >= 0.3 is 0 Å². The molecule has 1 aromatic heterocycles. The first-order valence-electron chi connectivity index (χ1n) is 13.0. The van der Waals surface area contributed by atoms with Crippen LogP contribution in [0.5, 0.6) is 0 Å². The minimum Gasteiger partial charge on any atom is -0.354 e. The smallest absolute Gasteiger partial charge is 0.218 e. The van der Waals surface area contributed by atoms with E-state index in [0.717, 1.165) is 40.6 Å². The molecular formula is C31H39N5O. The third-order valence-corrected chi connectivity index (χ3v) is 5.34. The predicted octanol–water partition coefficient (Wildman–Crippen LogP) is 7.53. The molecule has 6 heteroatoms. The van der Waals surface area contributed by atoms with E-state index >= 15 is 0 Å². The normalized spacial score (nSPS) is 9.68. The lowest BCUT2D eigenvalue weighted by Gasteiger charge is -2.23. The zero-order chi connectivity index (χ0) is 27.0. The fourth-order valence-electron chi connectivity index (χ4n) is 3.57. The number of benzene rings is 3. The quantitative estimate of drug-likeness (QED) is 0.246. The van der Waals surface area contributed by atoms with Crippen molar-refractivity contribution >= 4 is 23.1 Å². The number of carbonyl (C=O) groups excluding carboxylic acids is 1. The maximum absolute atomic E-state index is 11.2. The molecule has 0 atom stereocenters. The topological polar surface area (TPSA) is 70.2 Å². The van der Waals surface area contributed by atoms with Crippen molar-refractivity contribution in [3.63, 3.8) is 0 Å². The van der Waals surface area contributed by atoms with Gasteiger partial charge in [-0.25, -0.2) is 9.97 Å². The summed E-state index contributed by atoms with van der Waals surface area (Å²) in [4.78, 5) is 22.2. The standard InChI is InChI=1S/C27H27N5O.2C2H6/c1-3-32(19-30-20(2)33)25-14-12-24(13-15-25)31-27-17-26(28-18-29-27)23-11-7-10-22(16-23)21-8-5-4-6-9-21;2*1-2/h4-18H,3,19H2,1-2H3,(H,30,33)(H,28,29,31);2*1-2H3. The number of anilines is 3. The molecule has 4 rings (SSSR count). The Labute approximate surface area is 221 Å². The average Bonchev–Trinajstić information content (AvgIpc) is 2.97. The molecule has 0 saturated carbocycles. The molecule has 194 valence electrons. The summed E-state index contributed by atoms with van der Waals surface area (Å²) >= 11 is 0. The number of nitrogens with zero attached hydrogens (tertiary/aromatic N) is 3. The van der Waals surface area contributed by atoms with Crippen LogP contribution in [0, 0.1) is 0 Å². The highest BCUT2D eigenvalue weighted by atomic mass is 16.1. The molecule has 4 aromatic rings. The van der Waals surface area contributed by atoms with Crippen LogP contribution in [0.1, 0.15) is 41.5 Å². The Morgan fingerprint density at radius 2 is 1.43 bits per heavy atom. The van der Waals surface area contributed by atoms with E-state index in [2.05, 4.69) is 62.8 Å². The lowest BCUT2D eigenvalue weighted by Crippen LogP contribution is -2.36. The molecule has 0 radical (unpaired) electrons. The van der Waals surface area contributed by atoms with Crippen LogP contribution in [-0.2, 0) is 4.79 Å². The third kappa shape index (κ3) is 8.76. The molecule has 0 aliphatic rings. The van der Waals surface area contributed by atoms with Crippen LogP contribution in [0.15, 0.2) is 91.3 Å². The molecule has 0 saturated heterocycles. The lowest BCUT2D eigenvalue weighted by atomic mass is 10.0. The van der Waals surface area contributed by atoms with Crippen LogP contribution in [0.4, 0.5) is 17.2 Å². The Morgan fingerprint density at radius 3 is 2.08 bits per heavy atom. The fourth-order valence-corrected chi connectivity index (χ4v) is 3.57. The van der Waals surface area contributed by atoms with Gasteiger partial charge in [0, 0.05) is 36.5 Å². The van der Waals surface area contributed by atoms with Gasteiger partial charge in [0.1, 0.15) is 12.1 Å². The number of hydrogen-bond donors (Lipinski definition) is 2. The summed E-state index contributed by atoms with van der Waals surface area (Å²) in [5.41, 5.74) is 6.18. The highest BCUT2D eigenvalue weighted by Crippen LogP contribution is 2.27. The van der Waals surface area contributed by atoms with E-state index in [4.69, 9.17) is 0 Å². The van der Waals surface area contributed by atoms with E-state index in [-0.39, 0.29) is 5.91 Å². The van der Waals surface area contributed by atoms with Crippen LogP contribution >= 0.6 is 0 Å². The Kier molecular flexibility index (Phi) is 12.3. The summed E-state index contributed by atoms with van der Waals surface area (Å²) < 4.78 is 0. The zero-order valence-electron chi connectivity index (χ0n) is 22.8. The summed E-state index contributed by atoms with van der Waals surface area (Å²) in [7, 11) is 0. The SMILES string of the molecule is CC.CC.CCN(CNC(C)=O)c1ccc(Nc2cc(-c3cccc(-c4ccccc4)c3)ncn2)cc1. The molecule has 37 heavy (non-hydrogen) atoms. The van der Waals surface area contributed by atoms with E-state index in [1.165, 1.54) is 12.5 Å². The summed E-state index contributed by atoms with van der Waals surface area (Å²) in [6.07, 6.45) is 1.58. The van der Waals surface area contributed by atoms with E-state index in [1.54, 1.807) is 6.33 Å². The number of hydrogen-bond acceptors (Lipinski definition) is 5. The van der Waals surface area contributed by atoms with Gasteiger partial charge in [-0.05, 0) is 48.4 Å². The third-order valence-electron chi connectivity index (χ3n) is 5.34. The Balaban J connectivity index is 0.00000115.